The lowest BCUT2D eigenvalue weighted by molar-refractivity contribution is -0.126. The van der Waals surface area contributed by atoms with Crippen LogP contribution in [-0.4, -0.2) is 45.2 Å². The number of benzene rings is 1. The highest BCUT2D eigenvalue weighted by Crippen LogP contribution is 2.26. The highest BCUT2D eigenvalue weighted by molar-refractivity contribution is 6.00. The third-order valence-corrected chi connectivity index (χ3v) is 3.56. The van der Waals surface area contributed by atoms with Crippen LogP contribution in [-0.2, 0) is 14.3 Å². The first kappa shape index (κ1) is 16.3. The molecule has 2 amide bonds. The van der Waals surface area contributed by atoms with Crippen molar-refractivity contribution in [2.75, 3.05) is 38.3 Å². The predicted octanol–water partition coefficient (Wildman–Crippen LogP) is 1.20. The van der Waals surface area contributed by atoms with Gasteiger partial charge in [-0.25, -0.2) is 0 Å². The summed E-state index contributed by atoms with van der Waals surface area (Å²) in [6.45, 7) is 3.86. The number of amides is 2. The number of rotatable bonds is 7. The normalized spacial score (nSPS) is 17.6. The quantitative estimate of drug-likeness (QED) is 0.769. The zero-order valence-electron chi connectivity index (χ0n) is 13.0. The number of nitrogens with one attached hydrogen (secondary N) is 1. The van der Waals surface area contributed by atoms with Crippen LogP contribution >= 0.6 is 0 Å². The number of hydrogen-bond acceptors (Lipinski definition) is 4. The molecule has 1 atom stereocenters. The molecule has 1 N–H and O–H groups in total. The van der Waals surface area contributed by atoms with E-state index in [1.54, 1.807) is 12.0 Å². The second-order valence-electron chi connectivity index (χ2n) is 5.12. The van der Waals surface area contributed by atoms with Crippen LogP contribution in [0, 0.1) is 5.92 Å². The lowest BCUT2D eigenvalue weighted by Crippen LogP contribution is -2.34. The highest BCUT2D eigenvalue weighted by atomic mass is 16.5. The summed E-state index contributed by atoms with van der Waals surface area (Å²) < 4.78 is 10.3. The van der Waals surface area contributed by atoms with E-state index < -0.39 is 0 Å². The van der Waals surface area contributed by atoms with E-state index in [4.69, 9.17) is 9.47 Å². The van der Waals surface area contributed by atoms with Crippen LogP contribution in [0.3, 0.4) is 0 Å². The zero-order chi connectivity index (χ0) is 15.9. The lowest BCUT2D eigenvalue weighted by atomic mass is 10.1. The molecule has 1 saturated heterocycles. The molecule has 1 heterocycles. The average molecular weight is 306 g/mol. The maximum atomic E-state index is 12.1. The molecule has 120 valence electrons. The van der Waals surface area contributed by atoms with Crippen LogP contribution < -0.4 is 15.0 Å². The summed E-state index contributed by atoms with van der Waals surface area (Å²) in [5.74, 6) is 0.331. The summed E-state index contributed by atoms with van der Waals surface area (Å²) >= 11 is 0. The zero-order valence-corrected chi connectivity index (χ0v) is 13.0. The molecular formula is C16H22N2O4. The molecule has 6 heteroatoms. The molecule has 6 nitrogen and oxygen atoms in total. The van der Waals surface area contributed by atoms with Gasteiger partial charge in [-0.3, -0.25) is 9.59 Å². The van der Waals surface area contributed by atoms with E-state index in [9.17, 15) is 9.59 Å². The fourth-order valence-electron chi connectivity index (χ4n) is 2.44. The Bertz CT molecular complexity index is 515. The van der Waals surface area contributed by atoms with Crippen molar-refractivity contribution in [2.24, 2.45) is 5.92 Å². The minimum absolute atomic E-state index is 0.0314. The van der Waals surface area contributed by atoms with Crippen LogP contribution in [0.5, 0.6) is 5.75 Å². The molecule has 1 aromatic carbocycles. The van der Waals surface area contributed by atoms with Crippen LogP contribution in [0.4, 0.5) is 5.69 Å². The van der Waals surface area contributed by atoms with E-state index >= 15 is 0 Å². The molecule has 1 aliphatic heterocycles. The van der Waals surface area contributed by atoms with E-state index in [-0.39, 0.29) is 24.2 Å². The number of methoxy groups -OCH3 is 1. The number of carbonyl (C=O) groups excluding carboxylic acids is 2. The molecule has 0 aromatic heterocycles. The highest BCUT2D eigenvalue weighted by Gasteiger charge is 2.34. The molecule has 0 saturated carbocycles. The van der Waals surface area contributed by atoms with Crippen molar-refractivity contribution in [3.05, 3.63) is 24.3 Å². The van der Waals surface area contributed by atoms with Gasteiger partial charge in [0.25, 0.3) is 0 Å². The summed E-state index contributed by atoms with van der Waals surface area (Å²) in [5, 5.41) is 2.78. The monoisotopic (exact) mass is 306 g/mol. The molecule has 0 unspecified atom stereocenters. The first-order chi connectivity index (χ1) is 10.7. The van der Waals surface area contributed by atoms with Gasteiger partial charge in [0.2, 0.25) is 11.8 Å². The Labute approximate surface area is 130 Å². The van der Waals surface area contributed by atoms with Crippen molar-refractivity contribution in [3.8, 4) is 5.75 Å². The standard InChI is InChI=1S/C16H22N2O4/c1-3-22-14-6-4-13(5-7-14)18-11-12(10-15(18)19)16(20)17-8-9-21-2/h4-7,12H,3,8-11H2,1-2H3,(H,17,20)/t12-/m1/s1. The van der Waals surface area contributed by atoms with E-state index in [2.05, 4.69) is 5.32 Å². The number of hydrogen-bond donors (Lipinski definition) is 1. The molecule has 1 aliphatic rings. The fourth-order valence-corrected chi connectivity index (χ4v) is 2.44. The van der Waals surface area contributed by atoms with Crippen LogP contribution in [0.2, 0.25) is 0 Å². The largest absolute Gasteiger partial charge is 0.494 e. The fraction of sp³-hybridized carbons (Fsp3) is 0.500. The number of ether oxygens (including phenoxy) is 2. The SMILES string of the molecule is CCOc1ccc(N2C[C@H](C(=O)NCCOC)CC2=O)cc1. The van der Waals surface area contributed by atoms with E-state index in [1.807, 2.05) is 31.2 Å². The van der Waals surface area contributed by atoms with Gasteiger partial charge in [0, 0.05) is 32.3 Å². The summed E-state index contributed by atoms with van der Waals surface area (Å²) in [6.07, 6.45) is 0.242. The lowest BCUT2D eigenvalue weighted by Gasteiger charge is -2.17. The summed E-state index contributed by atoms with van der Waals surface area (Å²) in [5.41, 5.74) is 0.792. The minimum atomic E-state index is -0.309. The number of carbonyl (C=O) groups is 2. The van der Waals surface area contributed by atoms with E-state index in [0.717, 1.165) is 11.4 Å². The Morgan fingerprint density at radius 2 is 2.09 bits per heavy atom. The van der Waals surface area contributed by atoms with Crippen molar-refractivity contribution in [2.45, 2.75) is 13.3 Å². The van der Waals surface area contributed by atoms with Gasteiger partial charge in [-0.2, -0.15) is 0 Å². The van der Waals surface area contributed by atoms with Gasteiger partial charge in [0.15, 0.2) is 0 Å². The van der Waals surface area contributed by atoms with Crippen molar-refractivity contribution >= 4 is 17.5 Å². The smallest absolute Gasteiger partial charge is 0.227 e. The van der Waals surface area contributed by atoms with Crippen molar-refractivity contribution < 1.29 is 19.1 Å². The molecule has 0 bridgehead atoms. The first-order valence-corrected chi connectivity index (χ1v) is 7.45. The van der Waals surface area contributed by atoms with Gasteiger partial charge in [0.05, 0.1) is 19.1 Å². The maximum absolute atomic E-state index is 12.1. The third-order valence-electron chi connectivity index (χ3n) is 3.56. The average Bonchev–Trinajstić information content (AvgIpc) is 2.91. The maximum Gasteiger partial charge on any atom is 0.227 e. The molecule has 2 rings (SSSR count). The summed E-state index contributed by atoms with van der Waals surface area (Å²) in [4.78, 5) is 25.8. The van der Waals surface area contributed by atoms with E-state index in [1.165, 1.54) is 0 Å². The Morgan fingerprint density at radius 1 is 1.36 bits per heavy atom. The second kappa shape index (κ2) is 7.79. The Morgan fingerprint density at radius 3 is 2.73 bits per heavy atom. The molecular weight excluding hydrogens is 284 g/mol. The Balaban J connectivity index is 1.95. The van der Waals surface area contributed by atoms with Gasteiger partial charge in [0.1, 0.15) is 5.75 Å². The molecule has 0 aliphatic carbocycles. The minimum Gasteiger partial charge on any atom is -0.494 e. The van der Waals surface area contributed by atoms with Gasteiger partial charge in [-0.15, -0.1) is 0 Å². The second-order valence-corrected chi connectivity index (χ2v) is 5.12. The summed E-state index contributed by atoms with van der Waals surface area (Å²) in [7, 11) is 1.58. The molecule has 0 radical (unpaired) electrons. The first-order valence-electron chi connectivity index (χ1n) is 7.45. The number of anilines is 1. The topological polar surface area (TPSA) is 67.9 Å². The molecule has 22 heavy (non-hydrogen) atoms. The van der Waals surface area contributed by atoms with Gasteiger partial charge < -0.3 is 19.7 Å². The number of nitrogens with zero attached hydrogens (tertiary/aromatic N) is 1. The predicted molar refractivity (Wildman–Crippen MR) is 83.0 cm³/mol. The van der Waals surface area contributed by atoms with Gasteiger partial charge in [-0.1, -0.05) is 0 Å². The molecule has 1 fully saturated rings. The Hall–Kier alpha value is -2.08. The Kier molecular flexibility index (Phi) is 5.77. The van der Waals surface area contributed by atoms with Crippen molar-refractivity contribution in [1.29, 1.82) is 0 Å². The van der Waals surface area contributed by atoms with Gasteiger partial charge >= 0.3 is 0 Å². The van der Waals surface area contributed by atoms with Crippen molar-refractivity contribution in [3.63, 3.8) is 0 Å². The summed E-state index contributed by atoms with van der Waals surface area (Å²) in [6, 6.07) is 7.35. The van der Waals surface area contributed by atoms with Crippen LogP contribution in [0.15, 0.2) is 24.3 Å². The van der Waals surface area contributed by atoms with Crippen LogP contribution in [0.1, 0.15) is 13.3 Å². The van der Waals surface area contributed by atoms with E-state index in [0.29, 0.717) is 26.3 Å². The molecule has 1 aromatic rings. The van der Waals surface area contributed by atoms with Crippen molar-refractivity contribution in [1.82, 2.24) is 5.32 Å². The van der Waals surface area contributed by atoms with Gasteiger partial charge in [-0.05, 0) is 31.2 Å². The molecule has 0 spiro atoms. The third kappa shape index (κ3) is 3.98. The van der Waals surface area contributed by atoms with Crippen LogP contribution in [0.25, 0.3) is 0 Å².